The van der Waals surface area contributed by atoms with E-state index < -0.39 is 28.3 Å². The second-order valence-electron chi connectivity index (χ2n) is 18.1. The Morgan fingerprint density at radius 1 is 0.952 bits per heavy atom. The molecule has 4 aliphatic rings. The average Bonchev–Trinajstić information content (AvgIpc) is 3.27. The molecule has 4 amide bonds. The number of piperidine rings is 2. The van der Waals surface area contributed by atoms with Crippen LogP contribution in [0.25, 0.3) is 10.9 Å². The zero-order chi connectivity index (χ0) is 44.6. The molecule has 3 N–H and O–H groups in total. The molecule has 3 saturated heterocycles. The summed E-state index contributed by atoms with van der Waals surface area (Å²) in [6.45, 7) is 13.8. The lowest BCUT2D eigenvalue weighted by molar-refractivity contribution is -0.164. The number of aromatic nitrogens is 5. The average molecular weight is 879 g/mol. The quantitative estimate of drug-likeness (QED) is 0.184. The molecular formula is C44H51ClN12O6. The van der Waals surface area contributed by atoms with Crippen molar-refractivity contribution in [3.05, 3.63) is 75.3 Å². The molecule has 19 heteroatoms. The lowest BCUT2D eigenvalue weighted by Crippen LogP contribution is -2.74. The highest BCUT2D eigenvalue weighted by Gasteiger charge is 2.64. The number of fused-ring (bicyclic) bond motifs is 1. The van der Waals surface area contributed by atoms with Crippen LogP contribution in [0.1, 0.15) is 75.3 Å². The monoisotopic (exact) mass is 878 g/mol. The summed E-state index contributed by atoms with van der Waals surface area (Å²) in [5.74, 6) is 0.393. The molecule has 4 aromatic rings. The number of halogens is 1. The van der Waals surface area contributed by atoms with E-state index in [4.69, 9.17) is 16.3 Å². The van der Waals surface area contributed by atoms with Gasteiger partial charge >= 0.3 is 0 Å². The summed E-state index contributed by atoms with van der Waals surface area (Å²) in [6, 6.07) is 11.0. The number of amides is 4. The van der Waals surface area contributed by atoms with Gasteiger partial charge in [-0.3, -0.25) is 34.2 Å². The van der Waals surface area contributed by atoms with Crippen molar-refractivity contribution in [2.45, 2.75) is 71.6 Å². The lowest BCUT2D eigenvalue weighted by atomic mass is 9.49. The van der Waals surface area contributed by atoms with E-state index in [2.05, 4.69) is 79.8 Å². The molecule has 63 heavy (non-hydrogen) atoms. The summed E-state index contributed by atoms with van der Waals surface area (Å²) < 4.78 is 7.37. The Bertz CT molecular complexity index is 2510. The van der Waals surface area contributed by atoms with E-state index in [-0.39, 0.29) is 54.6 Å². The minimum atomic E-state index is -0.916. The van der Waals surface area contributed by atoms with Crippen molar-refractivity contribution in [1.82, 2.24) is 45.4 Å². The smallest absolute Gasteiger partial charge is 0.278 e. The van der Waals surface area contributed by atoms with Crippen LogP contribution < -0.4 is 31.1 Å². The first-order valence-corrected chi connectivity index (χ1v) is 21.7. The second-order valence-corrected chi connectivity index (χ2v) is 18.5. The summed E-state index contributed by atoms with van der Waals surface area (Å²) in [5.41, 5.74) is 0.413. The number of nitriles is 1. The highest BCUT2D eigenvalue weighted by atomic mass is 35.5. The minimum absolute atomic E-state index is 0.0272. The van der Waals surface area contributed by atoms with Crippen molar-refractivity contribution in [3.63, 3.8) is 0 Å². The van der Waals surface area contributed by atoms with E-state index in [0.717, 1.165) is 50.2 Å². The third kappa shape index (κ3) is 8.89. The van der Waals surface area contributed by atoms with Gasteiger partial charge in [0.1, 0.15) is 29.5 Å². The second kappa shape index (κ2) is 17.5. The summed E-state index contributed by atoms with van der Waals surface area (Å²) >= 11 is 6.24. The number of benzene rings is 2. The molecule has 2 aromatic carbocycles. The SMILES string of the molecule is CC1(C)C(NC(=O)c2cnc(N3CCN(CC4CCN(C(=O)CNc5ccc6nnn(C7CCC(=O)NC7=O)c(=O)c6c5)CC4)CC3)nc2)C(C)(C)C1Oc1ccc(C#N)c(Cl)c1. The van der Waals surface area contributed by atoms with Crippen molar-refractivity contribution in [2.75, 3.05) is 62.6 Å². The van der Waals surface area contributed by atoms with Crippen LogP contribution in [0.15, 0.2) is 53.6 Å². The maximum atomic E-state index is 13.4. The minimum Gasteiger partial charge on any atom is -0.489 e. The van der Waals surface area contributed by atoms with E-state index in [0.29, 0.717) is 58.1 Å². The van der Waals surface area contributed by atoms with Crippen molar-refractivity contribution in [3.8, 4) is 11.8 Å². The normalized spacial score (nSPS) is 22.4. The lowest BCUT2D eigenvalue weighted by Gasteiger charge is -2.63. The van der Waals surface area contributed by atoms with Crippen molar-refractivity contribution >= 4 is 57.8 Å². The molecule has 0 bridgehead atoms. The van der Waals surface area contributed by atoms with Crippen LogP contribution in [0, 0.1) is 28.1 Å². The van der Waals surface area contributed by atoms with Gasteiger partial charge < -0.3 is 25.2 Å². The Kier molecular flexibility index (Phi) is 12.1. The molecule has 1 atom stereocenters. The summed E-state index contributed by atoms with van der Waals surface area (Å²) in [4.78, 5) is 79.4. The molecule has 8 rings (SSSR count). The van der Waals surface area contributed by atoms with E-state index in [1.54, 1.807) is 48.8 Å². The van der Waals surface area contributed by atoms with Gasteiger partial charge in [0.15, 0.2) is 0 Å². The van der Waals surface area contributed by atoms with Gasteiger partial charge in [0.05, 0.1) is 28.1 Å². The van der Waals surface area contributed by atoms with Crippen LogP contribution in [0.4, 0.5) is 11.6 Å². The number of hydrogen-bond donors (Lipinski definition) is 3. The van der Waals surface area contributed by atoms with Crippen LogP contribution in [-0.4, -0.2) is 123 Å². The molecule has 0 radical (unpaired) electrons. The van der Waals surface area contributed by atoms with Crippen molar-refractivity contribution in [1.29, 1.82) is 5.26 Å². The van der Waals surface area contributed by atoms with Crippen LogP contribution in [-0.2, 0) is 14.4 Å². The Hall–Kier alpha value is -6.19. The van der Waals surface area contributed by atoms with Gasteiger partial charge in [-0.1, -0.05) is 44.5 Å². The Morgan fingerprint density at radius 2 is 1.67 bits per heavy atom. The predicted molar refractivity (Wildman–Crippen MR) is 233 cm³/mol. The third-order valence-corrected chi connectivity index (χ3v) is 13.4. The highest BCUT2D eigenvalue weighted by Crippen LogP contribution is 2.55. The Labute approximate surface area is 369 Å². The molecule has 4 fully saturated rings. The van der Waals surface area contributed by atoms with E-state index in [1.165, 1.54) is 0 Å². The van der Waals surface area contributed by atoms with Gasteiger partial charge in [-0.2, -0.15) is 9.94 Å². The summed E-state index contributed by atoms with van der Waals surface area (Å²) in [6.07, 6.45) is 5.03. The largest absolute Gasteiger partial charge is 0.489 e. The van der Waals surface area contributed by atoms with Gasteiger partial charge in [-0.15, -0.1) is 5.10 Å². The fraction of sp³-hybridized carbons (Fsp3) is 0.500. The molecule has 5 heterocycles. The molecular weight excluding hydrogens is 828 g/mol. The third-order valence-electron chi connectivity index (χ3n) is 13.1. The first-order chi connectivity index (χ1) is 30.1. The molecule has 0 spiro atoms. The fourth-order valence-electron chi connectivity index (χ4n) is 9.85. The fourth-order valence-corrected chi connectivity index (χ4v) is 10.1. The van der Waals surface area contributed by atoms with Gasteiger partial charge in [0.25, 0.3) is 17.4 Å². The number of carbonyl (C=O) groups excluding carboxylic acids is 4. The number of piperazine rings is 1. The topological polar surface area (TPSA) is 221 Å². The zero-order valence-electron chi connectivity index (χ0n) is 35.8. The number of rotatable bonds is 11. The summed E-state index contributed by atoms with van der Waals surface area (Å²) in [5, 5.41) is 26.4. The number of ether oxygens (including phenoxy) is 1. The van der Waals surface area contributed by atoms with Gasteiger partial charge in [0.2, 0.25) is 17.8 Å². The number of carbonyl (C=O) groups is 4. The van der Waals surface area contributed by atoms with Gasteiger partial charge in [0, 0.05) is 93.3 Å². The maximum Gasteiger partial charge on any atom is 0.278 e. The maximum absolute atomic E-state index is 13.4. The molecule has 1 unspecified atom stereocenters. The number of nitrogens with zero attached hydrogens (tertiary/aromatic N) is 9. The molecule has 3 aliphatic heterocycles. The molecule has 2 aromatic heterocycles. The standard InChI is InChI=1S/C44H51ClN12O6/c1-43(2)40(44(3,4)41(43)63-30-7-5-27(21-46)32(45)20-30)51-37(60)28-22-48-42(49-23-28)56-17-15-54(16-18-56)25-26-11-13-55(14-12-26)36(59)24-47-29-6-8-33-31(19-29)39(62)57(53-52-33)34-9-10-35(58)50-38(34)61/h5-8,19-20,22-23,26,34,40-41,47H,9-18,24-25H2,1-4H3,(H,51,60)(H,50,58,61). The zero-order valence-corrected chi connectivity index (χ0v) is 36.5. The predicted octanol–water partition coefficient (Wildman–Crippen LogP) is 3.17. The number of nitrogens with one attached hydrogen (secondary N) is 3. The molecule has 18 nitrogen and oxygen atoms in total. The van der Waals surface area contributed by atoms with Crippen molar-refractivity contribution < 1.29 is 23.9 Å². The summed E-state index contributed by atoms with van der Waals surface area (Å²) in [7, 11) is 0. The molecule has 1 aliphatic carbocycles. The Morgan fingerprint density at radius 3 is 2.33 bits per heavy atom. The van der Waals surface area contributed by atoms with Gasteiger partial charge in [-0.25, -0.2) is 9.97 Å². The Balaban J connectivity index is 0.761. The van der Waals surface area contributed by atoms with Crippen LogP contribution >= 0.6 is 11.6 Å². The van der Waals surface area contributed by atoms with Crippen molar-refractivity contribution in [2.24, 2.45) is 16.7 Å². The molecule has 1 saturated carbocycles. The number of likely N-dealkylation sites (tertiary alicyclic amines) is 1. The van der Waals surface area contributed by atoms with Crippen LogP contribution in [0.5, 0.6) is 5.75 Å². The first-order valence-electron chi connectivity index (χ1n) is 21.3. The van der Waals surface area contributed by atoms with E-state index >= 15 is 0 Å². The van der Waals surface area contributed by atoms with Crippen LogP contribution in [0.2, 0.25) is 5.02 Å². The number of anilines is 2. The van der Waals surface area contributed by atoms with E-state index in [1.807, 2.05) is 4.90 Å². The number of imide groups is 1. The van der Waals surface area contributed by atoms with Gasteiger partial charge in [-0.05, 0) is 55.5 Å². The highest BCUT2D eigenvalue weighted by molar-refractivity contribution is 6.31. The molecule has 330 valence electrons. The number of hydrogen-bond acceptors (Lipinski definition) is 14. The van der Waals surface area contributed by atoms with Crippen LogP contribution in [0.3, 0.4) is 0 Å². The van der Waals surface area contributed by atoms with E-state index in [9.17, 15) is 29.2 Å². The first kappa shape index (κ1) is 43.5.